The average Bonchev–Trinajstić information content (AvgIpc) is 2.11. The molecule has 0 unspecified atom stereocenters. The van der Waals surface area contributed by atoms with E-state index in [9.17, 15) is 14.4 Å². The van der Waals surface area contributed by atoms with Crippen LogP contribution >= 0.6 is 0 Å². The minimum atomic E-state index is -1.13. The summed E-state index contributed by atoms with van der Waals surface area (Å²) >= 11 is 0. The first-order valence-electron chi connectivity index (χ1n) is 5.12. The molecule has 0 heterocycles. The van der Waals surface area contributed by atoms with E-state index < -0.39 is 23.3 Å². The summed E-state index contributed by atoms with van der Waals surface area (Å²) in [4.78, 5) is 33.5. The minimum absolute atomic E-state index is 0.149. The quantitative estimate of drug-likeness (QED) is 0.449. The number of ether oxygens (including phenoxy) is 1. The van der Waals surface area contributed by atoms with E-state index in [0.29, 0.717) is 6.61 Å². The van der Waals surface area contributed by atoms with Crippen molar-refractivity contribution in [1.82, 2.24) is 0 Å². The van der Waals surface area contributed by atoms with Crippen molar-refractivity contribution in [2.24, 2.45) is 5.92 Å². The fourth-order valence-corrected chi connectivity index (χ4v) is 1.24. The van der Waals surface area contributed by atoms with Crippen LogP contribution < -0.4 is 0 Å². The highest BCUT2D eigenvalue weighted by Gasteiger charge is 2.27. The molecule has 0 fully saturated rings. The Morgan fingerprint density at radius 2 is 1.67 bits per heavy atom. The predicted molar refractivity (Wildman–Crippen MR) is 55.6 cm³/mol. The summed E-state index contributed by atoms with van der Waals surface area (Å²) in [5.41, 5.74) is 0. The molecule has 86 valence electrons. The molecule has 0 aromatic heterocycles. The monoisotopic (exact) mass is 214 g/mol. The van der Waals surface area contributed by atoms with E-state index in [1.807, 2.05) is 6.92 Å². The van der Waals surface area contributed by atoms with E-state index in [4.69, 9.17) is 4.74 Å². The van der Waals surface area contributed by atoms with Gasteiger partial charge in [-0.2, -0.15) is 0 Å². The van der Waals surface area contributed by atoms with Crippen molar-refractivity contribution < 1.29 is 19.1 Å². The molecule has 0 bridgehead atoms. The molecular formula is C11H18O4. The zero-order valence-corrected chi connectivity index (χ0v) is 9.54. The second-order valence-electron chi connectivity index (χ2n) is 3.53. The van der Waals surface area contributed by atoms with Crippen LogP contribution in [0.2, 0.25) is 0 Å². The molecule has 15 heavy (non-hydrogen) atoms. The van der Waals surface area contributed by atoms with Crippen LogP contribution in [0, 0.1) is 5.92 Å². The zero-order chi connectivity index (χ0) is 11.8. The molecular weight excluding hydrogens is 196 g/mol. The Kier molecular flexibility index (Phi) is 6.79. The predicted octanol–water partition coefficient (Wildman–Crippen LogP) is 1.17. The highest BCUT2D eigenvalue weighted by atomic mass is 16.5. The van der Waals surface area contributed by atoms with Crippen molar-refractivity contribution in [3.8, 4) is 0 Å². The van der Waals surface area contributed by atoms with Crippen molar-refractivity contribution in [3.05, 3.63) is 0 Å². The molecule has 0 atom stereocenters. The maximum atomic E-state index is 11.4. The summed E-state index contributed by atoms with van der Waals surface area (Å²) in [7, 11) is 0. The van der Waals surface area contributed by atoms with Crippen molar-refractivity contribution >= 4 is 17.3 Å². The van der Waals surface area contributed by atoms with Gasteiger partial charge in [-0.3, -0.25) is 14.4 Å². The van der Waals surface area contributed by atoms with Crippen LogP contribution in [0.3, 0.4) is 0 Å². The van der Waals surface area contributed by atoms with Gasteiger partial charge in [0.15, 0.2) is 5.78 Å². The number of rotatable bonds is 8. The smallest absolute Gasteiger partial charge is 0.176 e. The lowest BCUT2D eigenvalue weighted by Crippen LogP contribution is -2.31. The minimum Gasteiger partial charge on any atom is -0.374 e. The molecule has 0 spiro atoms. The van der Waals surface area contributed by atoms with Gasteiger partial charge < -0.3 is 4.74 Å². The zero-order valence-electron chi connectivity index (χ0n) is 9.54. The van der Waals surface area contributed by atoms with E-state index in [-0.39, 0.29) is 6.61 Å². The molecule has 0 aliphatic carbocycles. The fraction of sp³-hybridized carbons (Fsp3) is 0.727. The van der Waals surface area contributed by atoms with Gasteiger partial charge in [-0.15, -0.1) is 0 Å². The lowest BCUT2D eigenvalue weighted by molar-refractivity contribution is -0.140. The number of ketones is 3. The third-order valence-corrected chi connectivity index (χ3v) is 2.02. The van der Waals surface area contributed by atoms with Gasteiger partial charge in [0, 0.05) is 6.61 Å². The Morgan fingerprint density at radius 1 is 1.13 bits per heavy atom. The van der Waals surface area contributed by atoms with Crippen molar-refractivity contribution in [1.29, 1.82) is 0 Å². The average molecular weight is 214 g/mol. The molecule has 4 nitrogen and oxygen atoms in total. The lowest BCUT2D eigenvalue weighted by Gasteiger charge is -2.09. The number of hydrogen-bond acceptors (Lipinski definition) is 4. The summed E-state index contributed by atoms with van der Waals surface area (Å²) in [5.74, 6) is -2.39. The Bertz CT molecular complexity index is 231. The first-order valence-corrected chi connectivity index (χ1v) is 5.12. The molecule has 0 N–H and O–H groups in total. The Morgan fingerprint density at radius 3 is 2.07 bits per heavy atom. The highest BCUT2D eigenvalue weighted by molar-refractivity contribution is 6.18. The van der Waals surface area contributed by atoms with Crippen molar-refractivity contribution in [2.75, 3.05) is 13.2 Å². The van der Waals surface area contributed by atoms with E-state index in [1.165, 1.54) is 13.8 Å². The van der Waals surface area contributed by atoms with Gasteiger partial charge in [-0.05, 0) is 20.3 Å². The van der Waals surface area contributed by atoms with Crippen LogP contribution in [-0.2, 0) is 19.1 Å². The van der Waals surface area contributed by atoms with Gasteiger partial charge in [-0.1, -0.05) is 13.3 Å². The topological polar surface area (TPSA) is 60.4 Å². The summed E-state index contributed by atoms with van der Waals surface area (Å²) in [6.07, 6.45) is 1.86. The third kappa shape index (κ3) is 5.42. The molecule has 0 saturated carbocycles. The largest absolute Gasteiger partial charge is 0.374 e. The molecule has 4 heteroatoms. The van der Waals surface area contributed by atoms with Crippen LogP contribution in [-0.4, -0.2) is 30.6 Å². The number of carbonyl (C=O) groups excluding carboxylic acids is 3. The Labute approximate surface area is 90.0 Å². The Balaban J connectivity index is 4.05. The Hall–Kier alpha value is -1.03. The number of unbranched alkanes of at least 4 members (excludes halogenated alkanes) is 1. The molecule has 0 amide bonds. The fourth-order valence-electron chi connectivity index (χ4n) is 1.24. The van der Waals surface area contributed by atoms with Crippen LogP contribution in [0.1, 0.15) is 33.6 Å². The van der Waals surface area contributed by atoms with Gasteiger partial charge >= 0.3 is 0 Å². The molecule has 0 rings (SSSR count). The first-order chi connectivity index (χ1) is 7.00. The molecule has 0 aromatic carbocycles. The molecule has 0 aromatic rings. The van der Waals surface area contributed by atoms with E-state index in [1.54, 1.807) is 0 Å². The molecule has 0 saturated heterocycles. The van der Waals surface area contributed by atoms with Crippen molar-refractivity contribution in [2.45, 2.75) is 33.6 Å². The second kappa shape index (κ2) is 7.29. The summed E-state index contributed by atoms with van der Waals surface area (Å²) in [6, 6.07) is 0. The maximum absolute atomic E-state index is 11.4. The summed E-state index contributed by atoms with van der Waals surface area (Å²) in [5, 5.41) is 0. The normalized spacial score (nSPS) is 10.4. The van der Waals surface area contributed by atoms with Gasteiger partial charge in [0.2, 0.25) is 0 Å². The first kappa shape index (κ1) is 14.0. The van der Waals surface area contributed by atoms with Crippen LogP contribution in [0.15, 0.2) is 0 Å². The van der Waals surface area contributed by atoms with Crippen LogP contribution in [0.5, 0.6) is 0 Å². The van der Waals surface area contributed by atoms with Gasteiger partial charge in [-0.25, -0.2) is 0 Å². The van der Waals surface area contributed by atoms with Crippen LogP contribution in [0.4, 0.5) is 0 Å². The standard InChI is InChI=1S/C11H18O4/c1-4-5-6-15-7-10(14)11(8(2)12)9(3)13/h11H,4-7H2,1-3H3. The van der Waals surface area contributed by atoms with Gasteiger partial charge in [0.25, 0.3) is 0 Å². The summed E-state index contributed by atoms with van der Waals surface area (Å²) in [6.45, 7) is 4.85. The molecule has 0 aliphatic heterocycles. The van der Waals surface area contributed by atoms with Gasteiger partial charge in [0.05, 0.1) is 0 Å². The van der Waals surface area contributed by atoms with Gasteiger partial charge in [0.1, 0.15) is 24.1 Å². The maximum Gasteiger partial charge on any atom is 0.176 e. The highest BCUT2D eigenvalue weighted by Crippen LogP contribution is 2.03. The summed E-state index contributed by atoms with van der Waals surface area (Å²) < 4.78 is 5.06. The number of carbonyl (C=O) groups is 3. The van der Waals surface area contributed by atoms with Crippen molar-refractivity contribution in [3.63, 3.8) is 0 Å². The number of hydrogen-bond donors (Lipinski definition) is 0. The molecule has 0 aliphatic rings. The number of Topliss-reactive ketones (excluding diaryl/α,β-unsaturated/α-hetero) is 3. The second-order valence-corrected chi connectivity index (χ2v) is 3.53. The van der Waals surface area contributed by atoms with E-state index in [0.717, 1.165) is 12.8 Å². The molecule has 0 radical (unpaired) electrons. The SMILES string of the molecule is CCCCOCC(=O)C(C(C)=O)C(C)=O. The third-order valence-electron chi connectivity index (χ3n) is 2.02. The lowest BCUT2D eigenvalue weighted by atomic mass is 9.96. The van der Waals surface area contributed by atoms with E-state index >= 15 is 0 Å². The van der Waals surface area contributed by atoms with E-state index in [2.05, 4.69) is 0 Å². The van der Waals surface area contributed by atoms with Crippen LogP contribution in [0.25, 0.3) is 0 Å².